The zero-order chi connectivity index (χ0) is 53.4. The topological polar surface area (TPSA) is 273 Å². The van der Waals surface area contributed by atoms with Crippen molar-refractivity contribution in [1.82, 2.24) is 0 Å². The quantitative estimate of drug-likeness (QED) is 0.0466. The van der Waals surface area contributed by atoms with E-state index in [2.05, 4.69) is 0 Å². The largest absolute Gasteiger partial charge is 1.00 e. The van der Waals surface area contributed by atoms with Gasteiger partial charge in [0, 0.05) is 60.0 Å². The summed E-state index contributed by atoms with van der Waals surface area (Å²) in [7, 11) is -18.2. The van der Waals surface area contributed by atoms with E-state index in [1.54, 1.807) is 61.5 Å². The number of anilines is 1. The molecule has 25 heteroatoms. The van der Waals surface area contributed by atoms with Gasteiger partial charge in [0.25, 0.3) is 30.4 Å². The molecule has 0 unspecified atom stereocenters. The number of halogens is 3. The molecule has 2 aliphatic heterocycles. The van der Waals surface area contributed by atoms with Crippen LogP contribution in [0, 0.1) is 17.5 Å². The molecule has 0 saturated carbocycles. The molecule has 0 bridgehead atoms. The van der Waals surface area contributed by atoms with Crippen LogP contribution in [-0.2, 0) is 56.1 Å². The summed E-state index contributed by atoms with van der Waals surface area (Å²) in [5.74, 6) is -7.37. The van der Waals surface area contributed by atoms with Gasteiger partial charge in [-0.05, 0) is 117 Å². The second-order valence-electron chi connectivity index (χ2n) is 18.7. The molecular formula is C48H56F3N2NaO15S4. The third kappa shape index (κ3) is 14.0. The van der Waals surface area contributed by atoms with Crippen molar-refractivity contribution >= 4 is 69.1 Å². The normalized spacial score (nSPS) is 17.9. The van der Waals surface area contributed by atoms with Gasteiger partial charge >= 0.3 is 35.5 Å². The number of ether oxygens (including phenoxy) is 1. The smallest absolute Gasteiger partial charge is 1.00 e. The van der Waals surface area contributed by atoms with Crippen molar-refractivity contribution in [3.63, 3.8) is 0 Å². The molecule has 3 aromatic carbocycles. The molecular weight excluding hydrogens is 1050 g/mol. The summed E-state index contributed by atoms with van der Waals surface area (Å²) in [6.07, 6.45) is 7.23. The maximum atomic E-state index is 17.0. The zero-order valence-corrected chi connectivity index (χ0v) is 46.0. The molecule has 6 rings (SSSR count). The van der Waals surface area contributed by atoms with Crippen LogP contribution in [0.3, 0.4) is 0 Å². The van der Waals surface area contributed by atoms with Crippen molar-refractivity contribution < 1.29 is 115 Å². The van der Waals surface area contributed by atoms with Crippen molar-refractivity contribution in [2.75, 3.05) is 36.1 Å². The average Bonchev–Trinajstić information content (AvgIpc) is 3.60. The molecule has 0 fully saturated rings. The Morgan fingerprint density at radius 1 is 0.795 bits per heavy atom. The van der Waals surface area contributed by atoms with E-state index in [4.69, 9.17) is 9.84 Å². The van der Waals surface area contributed by atoms with Crippen LogP contribution in [-0.4, -0.2) is 104 Å². The molecule has 4 N–H and O–H groups in total. The van der Waals surface area contributed by atoms with Crippen LogP contribution >= 0.6 is 0 Å². The number of nitrogens with zero attached hydrogens (tertiary/aromatic N) is 2. The number of benzene rings is 3. The van der Waals surface area contributed by atoms with Crippen molar-refractivity contribution in [3.05, 3.63) is 118 Å². The van der Waals surface area contributed by atoms with E-state index in [0.717, 1.165) is 6.07 Å². The van der Waals surface area contributed by atoms with Gasteiger partial charge in [0.1, 0.15) is 22.5 Å². The van der Waals surface area contributed by atoms with Gasteiger partial charge in [-0.15, -0.1) is 0 Å². The SMILES string of the molecule is CC1(C)C(=CC=C2CCCC(C=CC3=[N+](CCCCS(=O)(=O)O)c4ccc(S(=O)(=O)[O-])cc4C3(C)C)=C2c2c(F)cc(F)c(OCCCC(=O)O)c2F)N(CCCCS(=O)(=O)O)c2ccc(S(=O)(=O)O)cc21.[H-].[Na+]. The Kier molecular flexibility index (Phi) is 18.8. The molecule has 0 atom stereocenters. The summed E-state index contributed by atoms with van der Waals surface area (Å²) in [5, 5.41) is 9.12. The predicted molar refractivity (Wildman–Crippen MR) is 261 cm³/mol. The Balaban J connectivity index is 0.00000593. The van der Waals surface area contributed by atoms with Gasteiger partial charge in [-0.2, -0.15) is 29.8 Å². The number of fused-ring (bicyclic) bond motifs is 2. The molecule has 394 valence electrons. The summed E-state index contributed by atoms with van der Waals surface area (Å²) in [6.45, 7) is 6.89. The van der Waals surface area contributed by atoms with Crippen molar-refractivity contribution in [3.8, 4) is 5.75 Å². The van der Waals surface area contributed by atoms with E-state index in [9.17, 15) is 56.7 Å². The van der Waals surface area contributed by atoms with Gasteiger partial charge in [-0.3, -0.25) is 18.5 Å². The zero-order valence-electron chi connectivity index (χ0n) is 41.7. The van der Waals surface area contributed by atoms with Crippen LogP contribution in [0.4, 0.5) is 24.5 Å². The van der Waals surface area contributed by atoms with Gasteiger partial charge in [-0.25, -0.2) is 21.6 Å². The fourth-order valence-corrected chi connectivity index (χ4v) is 11.6. The molecule has 3 aliphatic rings. The van der Waals surface area contributed by atoms with Crippen molar-refractivity contribution in [2.45, 2.75) is 106 Å². The number of allylic oxidation sites excluding steroid dienone is 8. The molecule has 0 spiro atoms. The summed E-state index contributed by atoms with van der Waals surface area (Å²) in [4.78, 5) is 12.1. The Hall–Kier alpha value is -4.21. The van der Waals surface area contributed by atoms with Crippen LogP contribution in [0.25, 0.3) is 5.57 Å². The summed E-state index contributed by atoms with van der Waals surface area (Å²) >= 11 is 0. The second-order valence-corrected chi connectivity index (χ2v) is 24.7. The van der Waals surface area contributed by atoms with Gasteiger partial charge in [-0.1, -0.05) is 26.0 Å². The number of carboxylic acid groups (broad SMARTS) is 1. The van der Waals surface area contributed by atoms with E-state index in [0.29, 0.717) is 57.5 Å². The number of aliphatic carboxylic acids is 1. The van der Waals surface area contributed by atoms with Crippen LogP contribution in [0.1, 0.15) is 104 Å². The summed E-state index contributed by atoms with van der Waals surface area (Å²) in [6, 6.07) is 8.26. The minimum absolute atomic E-state index is 0. The first-order valence-electron chi connectivity index (χ1n) is 22.7. The average molecular weight is 1110 g/mol. The van der Waals surface area contributed by atoms with Gasteiger partial charge in [0.2, 0.25) is 5.69 Å². The first-order valence-corrected chi connectivity index (χ1v) is 28.8. The molecule has 3 aromatic rings. The van der Waals surface area contributed by atoms with Crippen molar-refractivity contribution in [2.24, 2.45) is 0 Å². The van der Waals surface area contributed by atoms with Gasteiger partial charge < -0.3 is 20.7 Å². The van der Waals surface area contributed by atoms with E-state index < -0.39 is 120 Å². The molecule has 73 heavy (non-hydrogen) atoms. The van der Waals surface area contributed by atoms with Gasteiger partial charge in [0.05, 0.1) is 38.9 Å². The maximum absolute atomic E-state index is 17.0. The molecule has 17 nitrogen and oxygen atoms in total. The standard InChI is InChI=1S/C48H55F3N2O15S4.Na.H/c1-47(2)34-27-32(71(62,63)64)16-18-38(34)52(22-5-7-25-69(56,57)58)40(47)20-14-30-11-9-12-31(43(30)44-36(49)29-37(50)46(45(44)51)68-24-10-13-42(54)55)15-21-41-48(3,4)35-28-33(72(65,66)67)17-19-39(35)53(41)23-6-8-26-70(59,60)61;;/h14-21,27-29H,5-13,22-26H2,1-4H3,(H4-,54,55,56,57,58,59,60,61,62,63,64,65,66,67);;/q;+1;-1. The van der Waals surface area contributed by atoms with E-state index >= 15 is 13.2 Å². The van der Waals surface area contributed by atoms with Crippen LogP contribution < -0.4 is 39.2 Å². The molecule has 1 aliphatic carbocycles. The van der Waals surface area contributed by atoms with Crippen LogP contribution in [0.15, 0.2) is 93.4 Å². The first kappa shape index (κ1) is 59.7. The second kappa shape index (κ2) is 22.9. The Bertz CT molecular complexity index is 3320. The molecule has 0 amide bonds. The molecule has 2 heterocycles. The fraction of sp³-hybridized carbons (Fsp3) is 0.417. The minimum atomic E-state index is -4.92. The number of carboxylic acids is 1. The molecule has 0 radical (unpaired) electrons. The number of hydrogen-bond acceptors (Lipinski definition) is 12. The maximum Gasteiger partial charge on any atom is 1.00 e. The third-order valence-corrected chi connectivity index (χ3v) is 16.2. The first-order chi connectivity index (χ1) is 33.3. The summed E-state index contributed by atoms with van der Waals surface area (Å²) < 4.78 is 192. The van der Waals surface area contributed by atoms with Crippen LogP contribution in [0.5, 0.6) is 5.75 Å². The number of unbranched alkanes of at least 4 members (excludes halogenated alkanes) is 2. The number of carbonyl (C=O) groups is 1. The van der Waals surface area contributed by atoms with Crippen LogP contribution in [0.2, 0.25) is 0 Å². The van der Waals surface area contributed by atoms with Crippen molar-refractivity contribution in [1.29, 1.82) is 0 Å². The Morgan fingerprint density at radius 2 is 1.42 bits per heavy atom. The number of hydrogen-bond donors (Lipinski definition) is 4. The monoisotopic (exact) mass is 1110 g/mol. The van der Waals surface area contributed by atoms with Gasteiger partial charge in [0.15, 0.2) is 23.1 Å². The molecule has 0 aromatic heterocycles. The van der Waals surface area contributed by atoms with E-state index in [1.165, 1.54) is 30.3 Å². The Labute approximate surface area is 447 Å². The molecule has 0 saturated heterocycles. The predicted octanol–water partition coefficient (Wildman–Crippen LogP) is 5.13. The fourth-order valence-electron chi connectivity index (χ4n) is 9.49. The third-order valence-electron chi connectivity index (χ3n) is 13.0. The Morgan fingerprint density at radius 3 is 2.04 bits per heavy atom. The minimum Gasteiger partial charge on any atom is -1.00 e. The number of rotatable bonds is 21. The van der Waals surface area contributed by atoms with E-state index in [-0.39, 0.29) is 94.6 Å². The van der Waals surface area contributed by atoms with E-state index in [1.807, 2.05) is 0 Å². The summed E-state index contributed by atoms with van der Waals surface area (Å²) in [5.41, 5.74) is 0.747.